The van der Waals surface area contributed by atoms with Crippen molar-refractivity contribution in [1.82, 2.24) is 0 Å². The topological polar surface area (TPSA) is 3.24 Å². The van der Waals surface area contributed by atoms with Crippen LogP contribution in [0, 0.1) is 0 Å². The molecule has 0 N–H and O–H groups in total. The van der Waals surface area contributed by atoms with Crippen LogP contribution in [0.1, 0.15) is 86.4 Å². The quantitative estimate of drug-likeness (QED) is 0.179. The molecule has 3 aliphatic carbocycles. The number of benzene rings is 7. The van der Waals surface area contributed by atoms with E-state index >= 15 is 0 Å². The number of para-hydroxylation sites is 1. The zero-order valence-corrected chi connectivity index (χ0v) is 31.2. The van der Waals surface area contributed by atoms with Gasteiger partial charge >= 0.3 is 0 Å². The van der Waals surface area contributed by atoms with Gasteiger partial charge in [-0.25, -0.2) is 0 Å². The summed E-state index contributed by atoms with van der Waals surface area (Å²) in [7, 11) is 0. The maximum atomic E-state index is 2.68. The third-order valence-electron chi connectivity index (χ3n) is 14.0. The largest absolute Gasteiger partial charge is 0.309 e. The Morgan fingerprint density at radius 3 is 1.68 bits per heavy atom. The molecule has 0 fully saturated rings. The highest BCUT2D eigenvalue weighted by atomic mass is 15.2. The van der Waals surface area contributed by atoms with Gasteiger partial charge in [0.2, 0.25) is 0 Å². The molecule has 53 heavy (non-hydrogen) atoms. The summed E-state index contributed by atoms with van der Waals surface area (Å²) in [6.45, 7) is 12.0. The minimum absolute atomic E-state index is 0.0295. The number of hydrogen-bond donors (Lipinski definition) is 0. The van der Waals surface area contributed by atoms with Gasteiger partial charge in [-0.2, -0.15) is 0 Å². The van der Waals surface area contributed by atoms with Gasteiger partial charge in [0.05, 0.1) is 17.1 Å². The molecule has 1 unspecified atom stereocenters. The van der Waals surface area contributed by atoms with Crippen LogP contribution in [0.4, 0.5) is 17.1 Å². The van der Waals surface area contributed by atoms with Gasteiger partial charge in [-0.05, 0) is 104 Å². The monoisotopic (exact) mass is 681 g/mol. The summed E-state index contributed by atoms with van der Waals surface area (Å²) in [4.78, 5) is 2.68. The number of fused-ring (bicyclic) bond motifs is 12. The molecule has 7 aromatic rings. The lowest BCUT2D eigenvalue weighted by Crippen LogP contribution is -2.33. The van der Waals surface area contributed by atoms with Gasteiger partial charge < -0.3 is 4.90 Å². The average molecular weight is 682 g/mol. The van der Waals surface area contributed by atoms with E-state index in [0.29, 0.717) is 0 Å². The van der Waals surface area contributed by atoms with Crippen LogP contribution in [-0.4, -0.2) is 0 Å². The SMILES string of the molecule is CCC1(CC)c2ccccc2-c2c1ccc1c2N(c2ccccc2-c2cccc3c2-c2ccccc2C3(C)C)c2cccc3c2C1(C)c1ccccc1-3. The molecule has 11 rings (SSSR count). The van der Waals surface area contributed by atoms with E-state index in [0.717, 1.165) is 12.8 Å². The molecule has 1 heteroatoms. The van der Waals surface area contributed by atoms with E-state index in [-0.39, 0.29) is 16.2 Å². The molecule has 1 atom stereocenters. The molecule has 0 amide bonds. The highest BCUT2D eigenvalue weighted by Crippen LogP contribution is 2.67. The summed E-state index contributed by atoms with van der Waals surface area (Å²) >= 11 is 0. The van der Waals surface area contributed by atoms with Crippen molar-refractivity contribution in [2.24, 2.45) is 0 Å². The van der Waals surface area contributed by atoms with Gasteiger partial charge in [0, 0.05) is 27.4 Å². The van der Waals surface area contributed by atoms with Gasteiger partial charge in [0.25, 0.3) is 0 Å². The van der Waals surface area contributed by atoms with Crippen LogP contribution in [0.5, 0.6) is 0 Å². The molecule has 0 saturated heterocycles. The zero-order valence-electron chi connectivity index (χ0n) is 31.2. The zero-order chi connectivity index (χ0) is 35.9. The van der Waals surface area contributed by atoms with Crippen LogP contribution in [0.25, 0.3) is 44.5 Å². The van der Waals surface area contributed by atoms with Gasteiger partial charge in [-0.1, -0.05) is 161 Å². The maximum absolute atomic E-state index is 2.68. The lowest BCUT2D eigenvalue weighted by Gasteiger charge is -2.44. The molecule has 1 heterocycles. The molecule has 1 aliphatic heterocycles. The third-order valence-corrected chi connectivity index (χ3v) is 14.0. The van der Waals surface area contributed by atoms with Gasteiger partial charge in [-0.15, -0.1) is 0 Å². The Balaban J connectivity index is 1.28. The Kier molecular flexibility index (Phi) is 6.11. The molecule has 256 valence electrons. The summed E-state index contributed by atoms with van der Waals surface area (Å²) < 4.78 is 0. The van der Waals surface area contributed by atoms with Gasteiger partial charge in [0.15, 0.2) is 0 Å². The van der Waals surface area contributed by atoms with Crippen LogP contribution >= 0.6 is 0 Å². The van der Waals surface area contributed by atoms with Crippen LogP contribution in [-0.2, 0) is 16.2 Å². The molecular weight excluding hydrogens is 639 g/mol. The third kappa shape index (κ3) is 3.59. The fourth-order valence-corrected chi connectivity index (χ4v) is 11.5. The fraction of sp³-hybridized carbons (Fsp3) is 0.192. The molecule has 0 radical (unpaired) electrons. The average Bonchev–Trinajstić information content (AvgIpc) is 3.75. The van der Waals surface area contributed by atoms with Crippen molar-refractivity contribution in [2.45, 2.75) is 63.7 Å². The summed E-state index contributed by atoms with van der Waals surface area (Å²) in [6, 6.07) is 55.7. The minimum Gasteiger partial charge on any atom is -0.309 e. The molecule has 7 aromatic carbocycles. The molecule has 0 saturated carbocycles. The lowest BCUT2D eigenvalue weighted by molar-refractivity contribution is 0.490. The van der Waals surface area contributed by atoms with Crippen molar-refractivity contribution in [3.05, 3.63) is 185 Å². The Labute approximate surface area is 313 Å². The van der Waals surface area contributed by atoms with Crippen molar-refractivity contribution in [1.29, 1.82) is 0 Å². The molecule has 0 bridgehead atoms. The summed E-state index contributed by atoms with van der Waals surface area (Å²) in [5.41, 5.74) is 24.2. The van der Waals surface area contributed by atoms with E-state index in [1.165, 1.54) is 101 Å². The van der Waals surface area contributed by atoms with E-state index in [9.17, 15) is 0 Å². The van der Waals surface area contributed by atoms with Crippen LogP contribution in [0.3, 0.4) is 0 Å². The molecule has 1 nitrogen and oxygen atoms in total. The highest BCUT2D eigenvalue weighted by molar-refractivity contribution is 6.07. The number of hydrogen-bond acceptors (Lipinski definition) is 1. The lowest BCUT2D eigenvalue weighted by atomic mass is 9.68. The number of nitrogens with zero attached hydrogens (tertiary/aromatic N) is 1. The van der Waals surface area contributed by atoms with E-state index in [4.69, 9.17) is 0 Å². The van der Waals surface area contributed by atoms with Gasteiger partial charge in [0.1, 0.15) is 0 Å². The van der Waals surface area contributed by atoms with Gasteiger partial charge in [-0.3, -0.25) is 0 Å². The summed E-state index contributed by atoms with van der Waals surface area (Å²) in [5, 5.41) is 0. The van der Waals surface area contributed by atoms with Crippen LogP contribution < -0.4 is 4.90 Å². The van der Waals surface area contributed by atoms with E-state index < -0.39 is 0 Å². The van der Waals surface area contributed by atoms with Crippen molar-refractivity contribution in [3.8, 4) is 44.5 Å². The van der Waals surface area contributed by atoms with Crippen molar-refractivity contribution >= 4 is 17.1 Å². The van der Waals surface area contributed by atoms with E-state index in [1.807, 2.05) is 0 Å². The van der Waals surface area contributed by atoms with E-state index in [1.54, 1.807) is 0 Å². The fourth-order valence-electron chi connectivity index (χ4n) is 11.5. The Morgan fingerprint density at radius 2 is 0.925 bits per heavy atom. The molecule has 4 aliphatic rings. The molecule has 0 aromatic heterocycles. The first-order chi connectivity index (χ1) is 25.9. The van der Waals surface area contributed by atoms with E-state index in [2.05, 4.69) is 185 Å². The first-order valence-corrected chi connectivity index (χ1v) is 19.5. The predicted octanol–water partition coefficient (Wildman–Crippen LogP) is 13.9. The Morgan fingerprint density at radius 1 is 0.396 bits per heavy atom. The van der Waals surface area contributed by atoms with Crippen LogP contribution in [0.15, 0.2) is 146 Å². The van der Waals surface area contributed by atoms with Crippen molar-refractivity contribution in [2.75, 3.05) is 4.90 Å². The Hall–Kier alpha value is -5.66. The first-order valence-electron chi connectivity index (χ1n) is 19.5. The van der Waals surface area contributed by atoms with Crippen molar-refractivity contribution in [3.63, 3.8) is 0 Å². The predicted molar refractivity (Wildman–Crippen MR) is 222 cm³/mol. The maximum Gasteiger partial charge on any atom is 0.0588 e. The Bertz CT molecular complexity index is 2700. The second kappa shape index (κ2) is 10.5. The highest BCUT2D eigenvalue weighted by Gasteiger charge is 2.52. The normalized spacial score (nSPS) is 18.4. The second-order valence-electron chi connectivity index (χ2n) is 16.3. The van der Waals surface area contributed by atoms with Crippen LogP contribution in [0.2, 0.25) is 0 Å². The number of rotatable bonds is 4. The minimum atomic E-state index is -0.298. The summed E-state index contributed by atoms with van der Waals surface area (Å²) in [5.74, 6) is 0. The first kappa shape index (κ1) is 30.9. The molecule has 0 spiro atoms. The number of anilines is 3. The smallest absolute Gasteiger partial charge is 0.0588 e. The summed E-state index contributed by atoms with van der Waals surface area (Å²) in [6.07, 6.45) is 2.13. The standard InChI is InChI=1S/C52H43N/c1-6-52(7-2)40-26-14-10-21-37(40)47-42(52)30-31-43-49(47)53(45-29-17-23-35-32-18-8-13-25-39(32)51(43,5)48(35)45)44-28-15-11-19-33(44)34-22-16-27-41-46(34)36-20-9-12-24-38(36)50(41,3)4/h8-31H,6-7H2,1-5H3. The molecular formula is C52H43N. The second-order valence-corrected chi connectivity index (χ2v) is 16.3. The van der Waals surface area contributed by atoms with Crippen molar-refractivity contribution < 1.29 is 0 Å².